The number of nitrogens with zero attached hydrogens (tertiary/aromatic N) is 1. The second-order valence-electron chi connectivity index (χ2n) is 4.57. The van der Waals surface area contributed by atoms with Crippen LogP contribution in [0.2, 0.25) is 0 Å². The molecule has 0 atom stereocenters. The number of hydrogen-bond donors (Lipinski definition) is 3. The van der Waals surface area contributed by atoms with Gasteiger partial charge < -0.3 is 15.2 Å². The van der Waals surface area contributed by atoms with Gasteiger partial charge in [-0.2, -0.15) is 0 Å². The molecule has 1 heterocycles. The van der Waals surface area contributed by atoms with Gasteiger partial charge in [-0.1, -0.05) is 17.4 Å². The van der Waals surface area contributed by atoms with Crippen molar-refractivity contribution in [2.75, 3.05) is 17.7 Å². The molecule has 0 aliphatic rings. The summed E-state index contributed by atoms with van der Waals surface area (Å²) in [4.78, 5) is 16.1. The Labute approximate surface area is 134 Å². The van der Waals surface area contributed by atoms with Gasteiger partial charge in [-0.3, -0.25) is 5.32 Å². The van der Waals surface area contributed by atoms with E-state index in [2.05, 4.69) is 15.6 Å². The lowest BCUT2D eigenvalue weighted by molar-refractivity contribution is 0.262. The summed E-state index contributed by atoms with van der Waals surface area (Å²) in [5, 5.41) is 14.8. The van der Waals surface area contributed by atoms with E-state index in [4.69, 9.17) is 4.74 Å². The summed E-state index contributed by atoms with van der Waals surface area (Å²) in [5.41, 5.74) is 0.602. The third-order valence-electron chi connectivity index (χ3n) is 3.02. The number of benzene rings is 2. The van der Waals surface area contributed by atoms with Crippen molar-refractivity contribution >= 4 is 38.4 Å². The number of thiazole rings is 1. The van der Waals surface area contributed by atoms with Crippen LogP contribution in [0, 0.1) is 5.82 Å². The maximum absolute atomic E-state index is 13.6. The summed E-state index contributed by atoms with van der Waals surface area (Å²) in [7, 11) is 1.42. The van der Waals surface area contributed by atoms with Crippen LogP contribution in [0.3, 0.4) is 0 Å². The van der Waals surface area contributed by atoms with E-state index in [1.807, 2.05) is 0 Å². The molecule has 0 aliphatic carbocycles. The van der Waals surface area contributed by atoms with E-state index in [0.717, 1.165) is 0 Å². The number of nitrogens with one attached hydrogen (secondary N) is 2. The molecule has 3 N–H and O–H groups in total. The lowest BCUT2D eigenvalue weighted by atomic mass is 10.3. The van der Waals surface area contributed by atoms with Crippen LogP contribution in [0.15, 0.2) is 36.4 Å². The normalized spacial score (nSPS) is 10.5. The summed E-state index contributed by atoms with van der Waals surface area (Å²) in [6.45, 7) is 0. The zero-order valence-electron chi connectivity index (χ0n) is 12.0. The summed E-state index contributed by atoms with van der Waals surface area (Å²) in [5.74, 6) is -0.0997. The maximum Gasteiger partial charge on any atom is 0.325 e. The molecule has 0 fully saturated rings. The first-order valence-electron chi connectivity index (χ1n) is 6.57. The Balaban J connectivity index is 1.77. The molecule has 118 valence electrons. The Morgan fingerprint density at radius 3 is 2.87 bits per heavy atom. The Morgan fingerprint density at radius 1 is 1.30 bits per heavy atom. The van der Waals surface area contributed by atoms with Gasteiger partial charge in [-0.05, 0) is 24.3 Å². The molecule has 23 heavy (non-hydrogen) atoms. The summed E-state index contributed by atoms with van der Waals surface area (Å²) >= 11 is 1.17. The molecule has 1 aromatic heterocycles. The van der Waals surface area contributed by atoms with Crippen LogP contribution in [0.5, 0.6) is 11.5 Å². The standard InChI is InChI=1S/C15H12FN3O3S/c1-22-11-7-8(20)5-6-10(11)17-14(21)19-15-18-13-9(16)3-2-4-12(13)23-15/h2-7,20H,1H3,(H2,17,18,19,21). The zero-order valence-corrected chi connectivity index (χ0v) is 12.8. The molecule has 0 spiro atoms. The number of aromatic nitrogens is 1. The number of aromatic hydroxyl groups is 1. The number of hydrogen-bond acceptors (Lipinski definition) is 5. The fourth-order valence-corrected chi connectivity index (χ4v) is 2.88. The number of para-hydroxylation sites is 1. The third-order valence-corrected chi connectivity index (χ3v) is 3.96. The highest BCUT2D eigenvalue weighted by atomic mass is 32.1. The van der Waals surface area contributed by atoms with Gasteiger partial charge in [0.05, 0.1) is 17.5 Å². The van der Waals surface area contributed by atoms with Crippen LogP contribution >= 0.6 is 11.3 Å². The smallest absolute Gasteiger partial charge is 0.325 e. The van der Waals surface area contributed by atoms with Crippen LogP contribution in [0.1, 0.15) is 0 Å². The largest absolute Gasteiger partial charge is 0.508 e. The number of fused-ring (bicyclic) bond motifs is 1. The molecule has 0 radical (unpaired) electrons. The monoisotopic (exact) mass is 333 g/mol. The number of methoxy groups -OCH3 is 1. The van der Waals surface area contributed by atoms with Gasteiger partial charge in [-0.25, -0.2) is 14.2 Å². The van der Waals surface area contributed by atoms with Crippen LogP contribution < -0.4 is 15.4 Å². The molecule has 0 bridgehead atoms. The number of urea groups is 1. The first-order valence-corrected chi connectivity index (χ1v) is 7.38. The Hall–Kier alpha value is -2.87. The topological polar surface area (TPSA) is 83.5 Å². The Bertz CT molecular complexity index is 882. The second kappa shape index (κ2) is 6.09. The molecule has 3 aromatic rings. The van der Waals surface area contributed by atoms with Gasteiger partial charge in [-0.15, -0.1) is 0 Å². The quantitative estimate of drug-likeness (QED) is 0.637. The minimum Gasteiger partial charge on any atom is -0.508 e. The average molecular weight is 333 g/mol. The van der Waals surface area contributed by atoms with E-state index in [0.29, 0.717) is 16.1 Å². The van der Waals surface area contributed by atoms with E-state index < -0.39 is 11.8 Å². The van der Waals surface area contributed by atoms with Crippen LogP contribution in [-0.2, 0) is 0 Å². The minimum atomic E-state index is -0.548. The Kier molecular flexibility index (Phi) is 3.98. The van der Waals surface area contributed by atoms with Crippen molar-refractivity contribution in [1.29, 1.82) is 0 Å². The van der Waals surface area contributed by atoms with E-state index in [1.165, 1.54) is 42.7 Å². The minimum absolute atomic E-state index is 0.0226. The van der Waals surface area contributed by atoms with Gasteiger partial charge in [0.2, 0.25) is 0 Å². The van der Waals surface area contributed by atoms with Gasteiger partial charge in [0.25, 0.3) is 0 Å². The number of amides is 2. The van der Waals surface area contributed by atoms with Crippen LogP contribution in [-0.4, -0.2) is 23.2 Å². The molecular weight excluding hydrogens is 321 g/mol. The van der Waals surface area contributed by atoms with Gasteiger partial charge in [0, 0.05) is 6.07 Å². The lowest BCUT2D eigenvalue weighted by Gasteiger charge is -2.10. The molecule has 2 amide bonds. The van der Waals surface area contributed by atoms with Crippen molar-refractivity contribution in [3.63, 3.8) is 0 Å². The van der Waals surface area contributed by atoms with Crippen molar-refractivity contribution in [3.8, 4) is 11.5 Å². The lowest BCUT2D eigenvalue weighted by Crippen LogP contribution is -2.19. The van der Waals surface area contributed by atoms with Gasteiger partial charge in [0.1, 0.15) is 22.8 Å². The highest BCUT2D eigenvalue weighted by Crippen LogP contribution is 2.30. The second-order valence-corrected chi connectivity index (χ2v) is 5.60. The number of ether oxygens (including phenoxy) is 1. The third kappa shape index (κ3) is 3.16. The molecule has 8 heteroatoms. The van der Waals surface area contributed by atoms with E-state index in [-0.39, 0.29) is 16.4 Å². The molecule has 2 aromatic carbocycles. The maximum atomic E-state index is 13.6. The number of anilines is 2. The predicted octanol–water partition coefficient (Wildman–Crippen LogP) is 3.79. The van der Waals surface area contributed by atoms with Crippen molar-refractivity contribution in [1.82, 2.24) is 4.98 Å². The fraction of sp³-hybridized carbons (Fsp3) is 0.0667. The first-order chi connectivity index (χ1) is 11.1. The van der Waals surface area contributed by atoms with Crippen molar-refractivity contribution in [3.05, 3.63) is 42.2 Å². The first kappa shape index (κ1) is 15.0. The van der Waals surface area contributed by atoms with Crippen molar-refractivity contribution in [2.45, 2.75) is 0 Å². The van der Waals surface area contributed by atoms with E-state index >= 15 is 0 Å². The summed E-state index contributed by atoms with van der Waals surface area (Å²) < 4.78 is 19.3. The molecule has 0 aliphatic heterocycles. The number of phenols is 1. The summed E-state index contributed by atoms with van der Waals surface area (Å²) in [6, 6.07) is 8.38. The summed E-state index contributed by atoms with van der Waals surface area (Å²) in [6.07, 6.45) is 0. The number of carbonyl (C=O) groups is 1. The molecule has 0 saturated heterocycles. The number of phenolic OH excluding ortho intramolecular Hbond substituents is 1. The fourth-order valence-electron chi connectivity index (χ4n) is 2.00. The van der Waals surface area contributed by atoms with Crippen molar-refractivity contribution < 1.29 is 19.0 Å². The highest BCUT2D eigenvalue weighted by Gasteiger charge is 2.12. The Morgan fingerprint density at radius 2 is 2.13 bits per heavy atom. The van der Waals surface area contributed by atoms with Gasteiger partial charge >= 0.3 is 6.03 Å². The number of carbonyl (C=O) groups excluding carboxylic acids is 1. The van der Waals surface area contributed by atoms with Gasteiger partial charge in [0.15, 0.2) is 5.13 Å². The predicted molar refractivity (Wildman–Crippen MR) is 86.9 cm³/mol. The highest BCUT2D eigenvalue weighted by molar-refractivity contribution is 7.22. The molecule has 0 unspecified atom stereocenters. The van der Waals surface area contributed by atoms with E-state index in [1.54, 1.807) is 12.1 Å². The molecular formula is C15H12FN3O3S. The van der Waals surface area contributed by atoms with E-state index in [9.17, 15) is 14.3 Å². The number of halogens is 1. The molecule has 0 saturated carbocycles. The van der Waals surface area contributed by atoms with Crippen LogP contribution in [0.4, 0.5) is 20.0 Å². The SMILES string of the molecule is COc1cc(O)ccc1NC(=O)Nc1nc2c(F)cccc2s1. The zero-order chi connectivity index (χ0) is 16.4. The van der Waals surface area contributed by atoms with Crippen LogP contribution in [0.25, 0.3) is 10.2 Å². The molecule has 3 rings (SSSR count). The van der Waals surface area contributed by atoms with Crippen molar-refractivity contribution in [2.24, 2.45) is 0 Å². The number of rotatable bonds is 3. The molecule has 6 nitrogen and oxygen atoms in total. The average Bonchev–Trinajstić information content (AvgIpc) is 2.93.